The van der Waals surface area contributed by atoms with Crippen molar-refractivity contribution in [3.63, 3.8) is 0 Å². The van der Waals surface area contributed by atoms with Crippen LogP contribution >= 0.6 is 43.2 Å². The lowest BCUT2D eigenvalue weighted by Gasteiger charge is -2.12. The van der Waals surface area contributed by atoms with Crippen molar-refractivity contribution in [1.29, 1.82) is 0 Å². The Bertz CT molecular complexity index is 1190. The summed E-state index contributed by atoms with van der Waals surface area (Å²) in [7, 11) is 0. The van der Waals surface area contributed by atoms with Crippen molar-refractivity contribution < 1.29 is 9.53 Å². The number of hydrogen-bond donors (Lipinski definition) is 1. The Morgan fingerprint density at radius 2 is 1.91 bits per heavy atom. The van der Waals surface area contributed by atoms with Crippen LogP contribution in [-0.2, 0) is 12.8 Å². The highest BCUT2D eigenvalue weighted by Crippen LogP contribution is 2.40. The molecule has 1 aliphatic rings. The summed E-state index contributed by atoms with van der Waals surface area (Å²) < 4.78 is 7.12. The van der Waals surface area contributed by atoms with E-state index in [2.05, 4.69) is 43.1 Å². The summed E-state index contributed by atoms with van der Waals surface area (Å²) in [5, 5.41) is 3.77. The van der Waals surface area contributed by atoms with E-state index < -0.39 is 0 Å². The Labute approximate surface area is 208 Å². The van der Waals surface area contributed by atoms with Crippen molar-refractivity contribution in [3.05, 3.63) is 73.0 Å². The van der Waals surface area contributed by atoms with E-state index in [1.807, 2.05) is 42.5 Å². The number of rotatable bonds is 6. The van der Waals surface area contributed by atoms with E-state index in [1.54, 1.807) is 17.6 Å². The lowest BCUT2D eigenvalue weighted by Crippen LogP contribution is -2.14. The number of terminal acetylenes is 1. The second kappa shape index (κ2) is 10.5. The Morgan fingerprint density at radius 1 is 1.19 bits per heavy atom. The van der Waals surface area contributed by atoms with Crippen LogP contribution in [0.3, 0.4) is 0 Å². The number of carbonyl (C=O) groups is 1. The first-order valence-corrected chi connectivity index (χ1v) is 12.6. The molecule has 7 heteroatoms. The third-order valence-corrected chi connectivity index (χ3v) is 7.44. The first-order valence-electron chi connectivity index (χ1n) is 10.2. The molecule has 162 valence electrons. The third-order valence-electron chi connectivity index (χ3n) is 5.06. The van der Waals surface area contributed by atoms with Crippen molar-refractivity contribution in [2.45, 2.75) is 25.7 Å². The minimum atomic E-state index is -0.108. The van der Waals surface area contributed by atoms with Gasteiger partial charge in [-0.15, -0.1) is 17.8 Å². The number of hydrogen-bond acceptors (Lipinski definition) is 4. The fourth-order valence-corrected chi connectivity index (χ4v) is 6.31. The Hall–Kier alpha value is -2.40. The average Bonchev–Trinajstić information content (AvgIpc) is 3.16. The molecule has 0 unspecified atom stereocenters. The van der Waals surface area contributed by atoms with Crippen LogP contribution in [0.4, 0.5) is 10.7 Å². The van der Waals surface area contributed by atoms with Gasteiger partial charge in [-0.1, -0.05) is 24.1 Å². The summed E-state index contributed by atoms with van der Waals surface area (Å²) in [6, 6.07) is 13.3. The predicted octanol–water partition coefficient (Wildman–Crippen LogP) is 7.17. The lowest BCUT2D eigenvalue weighted by molar-refractivity contribution is 0.102. The van der Waals surface area contributed by atoms with Crippen LogP contribution in [0.5, 0.6) is 5.75 Å². The molecule has 0 bridgehead atoms. The molecule has 1 N–H and O–H groups in total. The van der Waals surface area contributed by atoms with Crippen molar-refractivity contribution in [2.75, 3.05) is 11.9 Å². The number of aliphatic imine (C=N–C) groups is 1. The van der Waals surface area contributed by atoms with E-state index in [-0.39, 0.29) is 12.5 Å². The minimum absolute atomic E-state index is 0.108. The Kier molecular flexibility index (Phi) is 7.46. The number of nitrogens with zero attached hydrogens (tertiary/aromatic N) is 1. The van der Waals surface area contributed by atoms with Gasteiger partial charge in [0, 0.05) is 16.8 Å². The molecule has 0 saturated heterocycles. The maximum absolute atomic E-state index is 13.2. The monoisotopic (exact) mass is 570 g/mol. The summed E-state index contributed by atoms with van der Waals surface area (Å²) in [6.07, 6.45) is 11.2. The number of nitrogens with one attached hydrogen (secondary N) is 1. The van der Waals surface area contributed by atoms with Crippen LogP contribution in [0.1, 0.15) is 39.2 Å². The first kappa shape index (κ1) is 22.8. The number of amides is 1. The van der Waals surface area contributed by atoms with E-state index in [4.69, 9.17) is 16.2 Å². The lowest BCUT2D eigenvalue weighted by atomic mass is 9.95. The maximum atomic E-state index is 13.2. The molecule has 2 aromatic carbocycles. The maximum Gasteiger partial charge on any atom is 0.259 e. The van der Waals surface area contributed by atoms with Gasteiger partial charge in [-0.05, 0) is 92.9 Å². The molecule has 0 atom stereocenters. The first-order chi connectivity index (χ1) is 15.6. The molecule has 1 aliphatic carbocycles. The average molecular weight is 572 g/mol. The zero-order valence-corrected chi connectivity index (χ0v) is 21.1. The highest BCUT2D eigenvalue weighted by Gasteiger charge is 2.25. The normalized spacial score (nSPS) is 12.9. The quantitative estimate of drug-likeness (QED) is 0.252. The van der Waals surface area contributed by atoms with Gasteiger partial charge in [0.05, 0.1) is 14.5 Å². The number of halogens is 2. The number of ether oxygens (including phenoxy) is 1. The zero-order valence-electron chi connectivity index (χ0n) is 17.2. The second-order valence-corrected chi connectivity index (χ2v) is 10.1. The predicted molar refractivity (Wildman–Crippen MR) is 139 cm³/mol. The number of benzene rings is 2. The molecule has 0 fully saturated rings. The molecule has 1 aromatic heterocycles. The number of anilines is 1. The summed E-state index contributed by atoms with van der Waals surface area (Å²) in [5.41, 5.74) is 3.48. The van der Waals surface area contributed by atoms with E-state index in [0.717, 1.165) is 56.4 Å². The summed E-state index contributed by atoms with van der Waals surface area (Å²) in [4.78, 5) is 19.2. The fourth-order valence-electron chi connectivity index (χ4n) is 3.63. The third kappa shape index (κ3) is 5.15. The Morgan fingerprint density at radius 3 is 2.62 bits per heavy atom. The minimum Gasteiger partial charge on any atom is -0.479 e. The summed E-state index contributed by atoms with van der Waals surface area (Å²) in [5.74, 6) is 3.00. The standard InChI is InChI=1S/C25H20Br2N2O2S/c1-2-12-31-23-19(26)13-16(14-20(23)27)15-28-25-22(18-10-6-7-11-21(18)32-25)24(30)29-17-8-4-3-5-9-17/h1,3-5,8-9,13-15H,6-7,10-12H2,(H,29,30). The van der Waals surface area contributed by atoms with Crippen LogP contribution in [-0.4, -0.2) is 18.7 Å². The van der Waals surface area contributed by atoms with Crippen LogP contribution < -0.4 is 10.1 Å². The topological polar surface area (TPSA) is 50.7 Å². The van der Waals surface area contributed by atoms with Gasteiger partial charge in [-0.3, -0.25) is 4.79 Å². The van der Waals surface area contributed by atoms with Crippen molar-refractivity contribution in [1.82, 2.24) is 0 Å². The second-order valence-electron chi connectivity index (χ2n) is 7.28. The van der Waals surface area contributed by atoms with Gasteiger partial charge in [0.15, 0.2) is 0 Å². The number of carbonyl (C=O) groups excluding carboxylic acids is 1. The molecule has 3 aromatic rings. The number of para-hydroxylation sites is 1. The van der Waals surface area contributed by atoms with E-state index in [1.165, 1.54) is 4.88 Å². The van der Waals surface area contributed by atoms with E-state index in [9.17, 15) is 4.79 Å². The molecule has 1 amide bonds. The zero-order chi connectivity index (χ0) is 22.5. The highest BCUT2D eigenvalue weighted by molar-refractivity contribution is 9.11. The van der Waals surface area contributed by atoms with E-state index >= 15 is 0 Å². The van der Waals surface area contributed by atoms with Crippen molar-refractivity contribution in [3.8, 4) is 18.1 Å². The van der Waals surface area contributed by atoms with Crippen LogP contribution in [0, 0.1) is 12.3 Å². The molecule has 4 nitrogen and oxygen atoms in total. The van der Waals surface area contributed by atoms with Crippen LogP contribution in [0.15, 0.2) is 56.4 Å². The highest BCUT2D eigenvalue weighted by atomic mass is 79.9. The largest absolute Gasteiger partial charge is 0.479 e. The van der Waals surface area contributed by atoms with Gasteiger partial charge < -0.3 is 10.1 Å². The van der Waals surface area contributed by atoms with Gasteiger partial charge in [-0.25, -0.2) is 4.99 Å². The van der Waals surface area contributed by atoms with Crippen molar-refractivity contribution >= 4 is 66.0 Å². The van der Waals surface area contributed by atoms with Gasteiger partial charge in [0.1, 0.15) is 17.4 Å². The van der Waals surface area contributed by atoms with Crippen LogP contribution in [0.25, 0.3) is 0 Å². The van der Waals surface area contributed by atoms with Crippen molar-refractivity contribution in [2.24, 2.45) is 4.99 Å². The molecule has 0 radical (unpaired) electrons. The van der Waals surface area contributed by atoms with Gasteiger partial charge >= 0.3 is 0 Å². The number of thiophene rings is 1. The SMILES string of the molecule is C#CCOc1c(Br)cc(C=Nc2sc3c(c2C(=O)Nc2ccccc2)CCCC3)cc1Br. The van der Waals surface area contributed by atoms with Gasteiger partial charge in [-0.2, -0.15) is 0 Å². The fraction of sp³-hybridized carbons (Fsp3) is 0.200. The van der Waals surface area contributed by atoms with Crippen LogP contribution in [0.2, 0.25) is 0 Å². The molecule has 4 rings (SSSR count). The van der Waals surface area contributed by atoms with Gasteiger partial charge in [0.25, 0.3) is 5.91 Å². The molecular weight excluding hydrogens is 552 g/mol. The molecule has 0 spiro atoms. The molecular formula is C25H20Br2N2O2S. The smallest absolute Gasteiger partial charge is 0.259 e. The number of aryl methyl sites for hydroxylation is 1. The Balaban J connectivity index is 1.65. The van der Waals surface area contributed by atoms with Gasteiger partial charge in [0.2, 0.25) is 0 Å². The molecule has 32 heavy (non-hydrogen) atoms. The van der Waals surface area contributed by atoms with E-state index in [0.29, 0.717) is 11.3 Å². The molecule has 0 saturated carbocycles. The molecule has 0 aliphatic heterocycles. The number of fused-ring (bicyclic) bond motifs is 1. The summed E-state index contributed by atoms with van der Waals surface area (Å²) in [6.45, 7) is 0.186. The molecule has 1 heterocycles. The summed E-state index contributed by atoms with van der Waals surface area (Å²) >= 11 is 8.67.